The van der Waals surface area contributed by atoms with E-state index in [9.17, 15) is 4.79 Å². The van der Waals surface area contributed by atoms with Crippen molar-refractivity contribution in [3.05, 3.63) is 24.3 Å². The van der Waals surface area contributed by atoms with Crippen molar-refractivity contribution in [1.29, 1.82) is 0 Å². The number of methoxy groups -OCH3 is 1. The van der Waals surface area contributed by atoms with Gasteiger partial charge in [-0.15, -0.1) is 0 Å². The number of nitrogens with one attached hydrogen (secondary N) is 2. The van der Waals surface area contributed by atoms with Gasteiger partial charge in [0.2, 0.25) is 5.91 Å². The van der Waals surface area contributed by atoms with E-state index in [2.05, 4.69) is 10.6 Å². The van der Waals surface area contributed by atoms with E-state index in [0.29, 0.717) is 6.54 Å². The van der Waals surface area contributed by atoms with Gasteiger partial charge in [-0.1, -0.05) is 0 Å². The molecular weight excluding hydrogens is 256 g/mol. The van der Waals surface area contributed by atoms with Gasteiger partial charge in [0.25, 0.3) is 0 Å². The lowest BCUT2D eigenvalue weighted by molar-refractivity contribution is -0.123. The van der Waals surface area contributed by atoms with Crippen LogP contribution >= 0.6 is 0 Å². The quantitative estimate of drug-likeness (QED) is 0.824. The van der Waals surface area contributed by atoms with Crippen molar-refractivity contribution in [3.8, 4) is 11.5 Å². The van der Waals surface area contributed by atoms with E-state index in [1.807, 2.05) is 31.2 Å². The maximum Gasteiger partial charge on any atom is 0.237 e. The average molecular weight is 278 g/mol. The standard InChI is InChI=1S/C15H22N2O3/c1-11(10-17-15(18)14-4-3-9-16-14)20-13-7-5-12(19-2)6-8-13/h5-8,11,14,16H,3-4,9-10H2,1-2H3,(H,17,18). The van der Waals surface area contributed by atoms with Crippen LogP contribution in [0.4, 0.5) is 0 Å². The normalized spacial score (nSPS) is 19.4. The highest BCUT2D eigenvalue weighted by molar-refractivity contribution is 5.82. The molecule has 0 spiro atoms. The molecular formula is C15H22N2O3. The largest absolute Gasteiger partial charge is 0.497 e. The first-order valence-electron chi connectivity index (χ1n) is 7.01. The van der Waals surface area contributed by atoms with E-state index in [4.69, 9.17) is 9.47 Å². The van der Waals surface area contributed by atoms with Gasteiger partial charge in [-0.2, -0.15) is 0 Å². The fraction of sp³-hybridized carbons (Fsp3) is 0.533. The van der Waals surface area contributed by atoms with Gasteiger partial charge < -0.3 is 20.1 Å². The van der Waals surface area contributed by atoms with Crippen LogP contribution in [0.5, 0.6) is 11.5 Å². The lowest BCUT2D eigenvalue weighted by Gasteiger charge is -2.17. The van der Waals surface area contributed by atoms with E-state index >= 15 is 0 Å². The molecule has 5 heteroatoms. The first-order valence-corrected chi connectivity index (χ1v) is 7.01. The number of hydrogen-bond acceptors (Lipinski definition) is 4. The van der Waals surface area contributed by atoms with Gasteiger partial charge in [0.1, 0.15) is 17.6 Å². The molecule has 0 bridgehead atoms. The second-order valence-corrected chi connectivity index (χ2v) is 5.00. The van der Waals surface area contributed by atoms with Crippen LogP contribution in [0.3, 0.4) is 0 Å². The fourth-order valence-corrected chi connectivity index (χ4v) is 2.20. The van der Waals surface area contributed by atoms with Crippen LogP contribution < -0.4 is 20.1 Å². The molecule has 2 rings (SSSR count). The van der Waals surface area contributed by atoms with E-state index < -0.39 is 0 Å². The number of carbonyl (C=O) groups is 1. The Bertz CT molecular complexity index is 427. The summed E-state index contributed by atoms with van der Waals surface area (Å²) in [5.74, 6) is 1.63. The smallest absolute Gasteiger partial charge is 0.237 e. The number of benzene rings is 1. The molecule has 1 saturated heterocycles. The van der Waals surface area contributed by atoms with Crippen molar-refractivity contribution < 1.29 is 14.3 Å². The number of amides is 1. The third kappa shape index (κ3) is 4.13. The predicted molar refractivity (Wildman–Crippen MR) is 77.1 cm³/mol. The third-order valence-corrected chi connectivity index (χ3v) is 3.34. The minimum absolute atomic E-state index is 0.0387. The van der Waals surface area contributed by atoms with Crippen LogP contribution in [-0.2, 0) is 4.79 Å². The van der Waals surface area contributed by atoms with Gasteiger partial charge in [-0.3, -0.25) is 4.79 Å². The third-order valence-electron chi connectivity index (χ3n) is 3.34. The molecule has 1 heterocycles. The van der Waals surface area contributed by atoms with Gasteiger partial charge >= 0.3 is 0 Å². The summed E-state index contributed by atoms with van der Waals surface area (Å²) in [6.45, 7) is 3.37. The Morgan fingerprint density at radius 1 is 1.40 bits per heavy atom. The monoisotopic (exact) mass is 278 g/mol. The molecule has 0 saturated carbocycles. The number of rotatable bonds is 6. The van der Waals surface area contributed by atoms with Crippen LogP contribution in [0.1, 0.15) is 19.8 Å². The molecule has 2 unspecified atom stereocenters. The molecule has 1 aliphatic rings. The second kappa shape index (κ2) is 7.14. The Hall–Kier alpha value is -1.75. The fourth-order valence-electron chi connectivity index (χ4n) is 2.20. The Morgan fingerprint density at radius 3 is 2.70 bits per heavy atom. The van der Waals surface area contributed by atoms with Crippen molar-refractivity contribution in [3.63, 3.8) is 0 Å². The lowest BCUT2D eigenvalue weighted by atomic mass is 10.2. The van der Waals surface area contributed by atoms with Crippen molar-refractivity contribution >= 4 is 5.91 Å². The summed E-state index contributed by atoms with van der Waals surface area (Å²) in [7, 11) is 1.63. The molecule has 0 radical (unpaired) electrons. The SMILES string of the molecule is COc1ccc(OC(C)CNC(=O)C2CCCN2)cc1. The first-order chi connectivity index (χ1) is 9.69. The Labute approximate surface area is 119 Å². The first kappa shape index (κ1) is 14.7. The van der Waals surface area contributed by atoms with Crippen LogP contribution in [0.15, 0.2) is 24.3 Å². The Balaban J connectivity index is 1.73. The maximum absolute atomic E-state index is 11.8. The van der Waals surface area contributed by atoms with E-state index in [1.54, 1.807) is 7.11 Å². The highest BCUT2D eigenvalue weighted by Crippen LogP contribution is 2.18. The van der Waals surface area contributed by atoms with Gasteiger partial charge in [0, 0.05) is 0 Å². The van der Waals surface area contributed by atoms with Crippen LogP contribution in [0.25, 0.3) is 0 Å². The van der Waals surface area contributed by atoms with Gasteiger partial charge in [0.15, 0.2) is 0 Å². The molecule has 1 aromatic carbocycles. The van der Waals surface area contributed by atoms with E-state index in [0.717, 1.165) is 30.9 Å². The highest BCUT2D eigenvalue weighted by Gasteiger charge is 2.21. The molecule has 1 fully saturated rings. The van der Waals surface area contributed by atoms with Gasteiger partial charge in [-0.05, 0) is 50.6 Å². The zero-order valence-electron chi connectivity index (χ0n) is 12.0. The molecule has 2 N–H and O–H groups in total. The lowest BCUT2D eigenvalue weighted by Crippen LogP contribution is -2.43. The zero-order chi connectivity index (χ0) is 14.4. The summed E-state index contributed by atoms with van der Waals surface area (Å²) < 4.78 is 10.8. The van der Waals surface area contributed by atoms with Crippen LogP contribution in [-0.4, -0.2) is 38.3 Å². The molecule has 5 nitrogen and oxygen atoms in total. The molecule has 1 aromatic rings. The van der Waals surface area contributed by atoms with Crippen molar-refractivity contribution in [2.45, 2.75) is 31.9 Å². The number of carbonyl (C=O) groups excluding carboxylic acids is 1. The number of hydrogen-bond donors (Lipinski definition) is 2. The molecule has 2 atom stereocenters. The average Bonchev–Trinajstić information content (AvgIpc) is 3.00. The molecule has 110 valence electrons. The summed E-state index contributed by atoms with van der Waals surface area (Å²) in [5.41, 5.74) is 0. The summed E-state index contributed by atoms with van der Waals surface area (Å²) >= 11 is 0. The molecule has 0 aromatic heterocycles. The maximum atomic E-state index is 11.8. The van der Waals surface area contributed by atoms with Crippen molar-refractivity contribution in [2.24, 2.45) is 0 Å². The van der Waals surface area contributed by atoms with Crippen molar-refractivity contribution in [1.82, 2.24) is 10.6 Å². The zero-order valence-corrected chi connectivity index (χ0v) is 12.0. The summed E-state index contributed by atoms with van der Waals surface area (Å²) in [4.78, 5) is 11.8. The van der Waals surface area contributed by atoms with Crippen molar-refractivity contribution in [2.75, 3.05) is 20.2 Å². The summed E-state index contributed by atoms with van der Waals surface area (Å²) in [6.07, 6.45) is 1.91. The number of ether oxygens (including phenoxy) is 2. The molecule has 0 aliphatic carbocycles. The second-order valence-electron chi connectivity index (χ2n) is 5.00. The Morgan fingerprint density at radius 2 is 2.10 bits per heavy atom. The van der Waals surface area contributed by atoms with Gasteiger partial charge in [0.05, 0.1) is 19.7 Å². The molecule has 20 heavy (non-hydrogen) atoms. The minimum Gasteiger partial charge on any atom is -0.497 e. The summed E-state index contributed by atoms with van der Waals surface area (Å²) in [5, 5.41) is 6.09. The van der Waals surface area contributed by atoms with E-state index in [-0.39, 0.29) is 18.1 Å². The van der Waals surface area contributed by atoms with Crippen LogP contribution in [0.2, 0.25) is 0 Å². The van der Waals surface area contributed by atoms with Gasteiger partial charge in [-0.25, -0.2) is 0 Å². The van der Waals surface area contributed by atoms with Crippen LogP contribution in [0, 0.1) is 0 Å². The highest BCUT2D eigenvalue weighted by atomic mass is 16.5. The minimum atomic E-state index is -0.0752. The summed E-state index contributed by atoms with van der Waals surface area (Å²) in [6, 6.07) is 7.38. The molecule has 1 aliphatic heterocycles. The molecule has 1 amide bonds. The van der Waals surface area contributed by atoms with E-state index in [1.165, 1.54) is 0 Å². The predicted octanol–water partition coefficient (Wildman–Crippen LogP) is 1.33. The topological polar surface area (TPSA) is 59.6 Å². The Kier molecular flexibility index (Phi) is 5.24.